The molecule has 0 aliphatic carbocycles. The minimum Gasteiger partial charge on any atom is -0.497 e. The summed E-state index contributed by atoms with van der Waals surface area (Å²) in [6.07, 6.45) is 7.13. The van der Waals surface area contributed by atoms with Crippen molar-refractivity contribution in [1.82, 2.24) is 0 Å². The zero-order chi connectivity index (χ0) is 11.4. The van der Waals surface area contributed by atoms with Gasteiger partial charge in [0.15, 0.2) is 0 Å². The fraction of sp³-hybridized carbons (Fsp3) is 0.455. The van der Waals surface area contributed by atoms with Gasteiger partial charge in [0.05, 0.1) is 7.11 Å². The van der Waals surface area contributed by atoms with E-state index in [0.717, 1.165) is 12.9 Å². The second kappa shape index (κ2) is 11.9. The molecule has 0 aromatic heterocycles. The molecule has 3 nitrogen and oxygen atoms in total. The van der Waals surface area contributed by atoms with E-state index in [4.69, 9.17) is 14.9 Å². The SMILES string of the molecule is C=C/C=C(\C=C\C(C)CO)OC.CO. The summed E-state index contributed by atoms with van der Waals surface area (Å²) in [4.78, 5) is 0. The lowest BCUT2D eigenvalue weighted by Crippen LogP contribution is -1.95. The van der Waals surface area contributed by atoms with Crippen LogP contribution in [0.15, 0.2) is 36.6 Å². The molecular formula is C11H20O3. The van der Waals surface area contributed by atoms with Crippen molar-refractivity contribution in [2.24, 2.45) is 5.92 Å². The summed E-state index contributed by atoms with van der Waals surface area (Å²) in [6, 6.07) is 0. The number of hydrogen-bond donors (Lipinski definition) is 2. The highest BCUT2D eigenvalue weighted by Crippen LogP contribution is 2.02. The second-order valence-corrected chi connectivity index (χ2v) is 2.53. The summed E-state index contributed by atoms with van der Waals surface area (Å²) < 4.78 is 5.01. The zero-order valence-electron chi connectivity index (χ0n) is 9.10. The van der Waals surface area contributed by atoms with Gasteiger partial charge in [0.25, 0.3) is 0 Å². The first-order valence-electron chi connectivity index (χ1n) is 4.35. The van der Waals surface area contributed by atoms with E-state index in [0.29, 0.717) is 0 Å². The highest BCUT2D eigenvalue weighted by molar-refractivity contribution is 5.17. The van der Waals surface area contributed by atoms with Gasteiger partial charge in [0, 0.05) is 13.7 Å². The monoisotopic (exact) mass is 200 g/mol. The summed E-state index contributed by atoms with van der Waals surface area (Å²) in [5.74, 6) is 0.902. The molecule has 3 heteroatoms. The van der Waals surface area contributed by atoms with Crippen molar-refractivity contribution in [3.05, 3.63) is 36.6 Å². The summed E-state index contributed by atoms with van der Waals surface area (Å²) in [5, 5.41) is 15.7. The maximum absolute atomic E-state index is 8.72. The van der Waals surface area contributed by atoms with E-state index < -0.39 is 0 Å². The van der Waals surface area contributed by atoms with Crippen LogP contribution in [0.3, 0.4) is 0 Å². The Hall–Kier alpha value is -1.06. The largest absolute Gasteiger partial charge is 0.497 e. The Kier molecular flexibility index (Phi) is 13.1. The van der Waals surface area contributed by atoms with Gasteiger partial charge < -0.3 is 14.9 Å². The Morgan fingerprint density at radius 2 is 2.07 bits per heavy atom. The molecule has 82 valence electrons. The van der Waals surface area contributed by atoms with E-state index in [1.807, 2.05) is 19.1 Å². The fourth-order valence-corrected chi connectivity index (χ4v) is 0.628. The lowest BCUT2D eigenvalue weighted by atomic mass is 10.2. The molecule has 0 radical (unpaired) electrons. The highest BCUT2D eigenvalue weighted by Gasteiger charge is 1.92. The van der Waals surface area contributed by atoms with Crippen LogP contribution in [-0.2, 0) is 4.74 Å². The summed E-state index contributed by atoms with van der Waals surface area (Å²) in [7, 11) is 2.60. The van der Waals surface area contributed by atoms with Gasteiger partial charge in [-0.2, -0.15) is 0 Å². The number of aliphatic hydroxyl groups excluding tert-OH is 2. The molecule has 0 saturated carbocycles. The Morgan fingerprint density at radius 3 is 2.43 bits per heavy atom. The molecule has 0 heterocycles. The fourth-order valence-electron chi connectivity index (χ4n) is 0.628. The first kappa shape index (κ1) is 15.4. The van der Waals surface area contributed by atoms with Crippen molar-refractivity contribution in [3.8, 4) is 0 Å². The first-order valence-corrected chi connectivity index (χ1v) is 4.35. The van der Waals surface area contributed by atoms with Crippen LogP contribution in [0.4, 0.5) is 0 Å². The number of rotatable bonds is 5. The predicted molar refractivity (Wildman–Crippen MR) is 58.8 cm³/mol. The van der Waals surface area contributed by atoms with Crippen LogP contribution in [0, 0.1) is 5.92 Å². The molecule has 0 aliphatic rings. The van der Waals surface area contributed by atoms with Crippen LogP contribution >= 0.6 is 0 Å². The van der Waals surface area contributed by atoms with E-state index in [1.54, 1.807) is 19.3 Å². The number of aliphatic hydroxyl groups is 2. The topological polar surface area (TPSA) is 49.7 Å². The molecule has 0 aromatic carbocycles. The van der Waals surface area contributed by atoms with Crippen LogP contribution < -0.4 is 0 Å². The average Bonchev–Trinajstić information content (AvgIpc) is 2.26. The van der Waals surface area contributed by atoms with E-state index >= 15 is 0 Å². The summed E-state index contributed by atoms with van der Waals surface area (Å²) in [5.41, 5.74) is 0. The van der Waals surface area contributed by atoms with Gasteiger partial charge in [-0.1, -0.05) is 25.7 Å². The van der Waals surface area contributed by atoms with Crippen molar-refractivity contribution in [3.63, 3.8) is 0 Å². The van der Waals surface area contributed by atoms with Gasteiger partial charge in [-0.25, -0.2) is 0 Å². The molecule has 0 aromatic rings. The maximum atomic E-state index is 8.72. The van der Waals surface area contributed by atoms with Crippen LogP contribution in [0.1, 0.15) is 6.92 Å². The Morgan fingerprint density at radius 1 is 1.50 bits per heavy atom. The Bertz CT molecular complexity index is 183. The van der Waals surface area contributed by atoms with Gasteiger partial charge in [-0.3, -0.25) is 0 Å². The molecule has 1 unspecified atom stereocenters. The molecule has 0 amide bonds. The number of allylic oxidation sites excluding steroid dienone is 3. The van der Waals surface area contributed by atoms with Crippen molar-refractivity contribution in [1.29, 1.82) is 0 Å². The van der Waals surface area contributed by atoms with Gasteiger partial charge in [-0.15, -0.1) is 0 Å². The lowest BCUT2D eigenvalue weighted by molar-refractivity contribution is 0.261. The molecule has 0 saturated heterocycles. The van der Waals surface area contributed by atoms with E-state index in [1.165, 1.54) is 0 Å². The third-order valence-electron chi connectivity index (χ3n) is 1.39. The normalized spacial score (nSPS) is 13.1. The van der Waals surface area contributed by atoms with Crippen LogP contribution in [0.2, 0.25) is 0 Å². The zero-order valence-corrected chi connectivity index (χ0v) is 9.10. The van der Waals surface area contributed by atoms with Gasteiger partial charge in [0.2, 0.25) is 0 Å². The molecule has 0 fully saturated rings. The van der Waals surface area contributed by atoms with Crippen molar-refractivity contribution >= 4 is 0 Å². The molecule has 2 N–H and O–H groups in total. The van der Waals surface area contributed by atoms with Crippen molar-refractivity contribution in [2.75, 3.05) is 20.8 Å². The first-order chi connectivity index (χ1) is 6.74. The summed E-state index contributed by atoms with van der Waals surface area (Å²) >= 11 is 0. The lowest BCUT2D eigenvalue weighted by Gasteiger charge is -2.01. The minimum absolute atomic E-state index is 0.154. The molecular weight excluding hydrogens is 180 g/mol. The van der Waals surface area contributed by atoms with Gasteiger partial charge in [-0.05, 0) is 18.1 Å². The minimum atomic E-state index is 0.154. The number of methoxy groups -OCH3 is 1. The van der Waals surface area contributed by atoms with Crippen LogP contribution in [0.5, 0.6) is 0 Å². The number of ether oxygens (including phenoxy) is 1. The smallest absolute Gasteiger partial charge is 0.118 e. The molecule has 14 heavy (non-hydrogen) atoms. The third-order valence-corrected chi connectivity index (χ3v) is 1.39. The van der Waals surface area contributed by atoms with E-state index in [2.05, 4.69) is 6.58 Å². The Labute approximate surface area is 86.0 Å². The predicted octanol–water partition coefficient (Wildman–Crippen LogP) is 1.50. The van der Waals surface area contributed by atoms with Crippen LogP contribution in [-0.4, -0.2) is 31.0 Å². The molecule has 0 rings (SSSR count). The average molecular weight is 200 g/mol. The second-order valence-electron chi connectivity index (χ2n) is 2.53. The quantitative estimate of drug-likeness (QED) is 0.522. The van der Waals surface area contributed by atoms with Gasteiger partial charge in [0.1, 0.15) is 5.76 Å². The molecule has 0 bridgehead atoms. The van der Waals surface area contributed by atoms with Crippen molar-refractivity contribution in [2.45, 2.75) is 6.92 Å². The third kappa shape index (κ3) is 9.03. The molecule has 0 aliphatic heterocycles. The van der Waals surface area contributed by atoms with E-state index in [-0.39, 0.29) is 12.5 Å². The molecule has 1 atom stereocenters. The number of hydrogen-bond acceptors (Lipinski definition) is 3. The van der Waals surface area contributed by atoms with Gasteiger partial charge >= 0.3 is 0 Å². The Balaban J connectivity index is 0. The summed E-state index contributed by atoms with van der Waals surface area (Å²) in [6.45, 7) is 5.64. The van der Waals surface area contributed by atoms with E-state index in [9.17, 15) is 0 Å². The molecule has 0 spiro atoms. The maximum Gasteiger partial charge on any atom is 0.118 e. The van der Waals surface area contributed by atoms with Crippen molar-refractivity contribution < 1.29 is 14.9 Å². The standard InChI is InChI=1S/C10H16O2.CH4O/c1-4-5-10(12-3)7-6-9(2)8-11;1-2/h4-7,9,11H,1,8H2,2-3H3;2H,1H3/b7-6+,10-5+;. The van der Waals surface area contributed by atoms with Crippen LogP contribution in [0.25, 0.3) is 0 Å². The highest BCUT2D eigenvalue weighted by atomic mass is 16.5.